The van der Waals surface area contributed by atoms with Crippen LogP contribution in [0.25, 0.3) is 0 Å². The molecule has 0 atom stereocenters. The van der Waals surface area contributed by atoms with Crippen LogP contribution in [0.1, 0.15) is 53.9 Å². The lowest BCUT2D eigenvalue weighted by Crippen LogP contribution is -2.60. The highest BCUT2D eigenvalue weighted by Crippen LogP contribution is 2.40. The molecule has 20 heavy (non-hydrogen) atoms. The predicted octanol–water partition coefficient (Wildman–Crippen LogP) is 3.48. The van der Waals surface area contributed by atoms with Gasteiger partial charge in [-0.15, -0.1) is 5.92 Å². The molecular weight excluding hydrogens is 244 g/mol. The van der Waals surface area contributed by atoms with Gasteiger partial charge in [0, 0.05) is 26.1 Å². The van der Waals surface area contributed by atoms with Crippen LogP contribution in [0.4, 0.5) is 0 Å². The summed E-state index contributed by atoms with van der Waals surface area (Å²) in [5.41, 5.74) is 0.670. The van der Waals surface area contributed by atoms with Gasteiger partial charge < -0.3 is 4.90 Å². The second-order valence-electron chi connectivity index (χ2n) is 6.55. The number of piperidine rings is 1. The molecule has 2 nitrogen and oxygen atoms in total. The molecule has 116 valence electrons. The van der Waals surface area contributed by atoms with E-state index in [0.29, 0.717) is 5.41 Å². The summed E-state index contributed by atoms with van der Waals surface area (Å²) in [5, 5.41) is 0. The van der Waals surface area contributed by atoms with Gasteiger partial charge >= 0.3 is 0 Å². The first-order chi connectivity index (χ1) is 9.63. The van der Waals surface area contributed by atoms with Gasteiger partial charge in [-0.25, -0.2) is 0 Å². The molecule has 1 spiro atoms. The minimum Gasteiger partial charge on any atom is -0.302 e. The van der Waals surface area contributed by atoms with Gasteiger partial charge in [0.1, 0.15) is 0 Å². The van der Waals surface area contributed by atoms with Gasteiger partial charge in [0.2, 0.25) is 0 Å². The van der Waals surface area contributed by atoms with Crippen molar-refractivity contribution in [1.29, 1.82) is 0 Å². The highest BCUT2D eigenvalue weighted by atomic mass is 15.2. The smallest absolute Gasteiger partial charge is 0.0601 e. The van der Waals surface area contributed by atoms with Crippen molar-refractivity contribution >= 4 is 0 Å². The summed E-state index contributed by atoms with van der Waals surface area (Å²) in [5.74, 6) is 7.25. The zero-order chi connectivity index (χ0) is 15.0. The lowest BCUT2D eigenvalue weighted by Gasteiger charge is -2.54. The molecule has 0 N–H and O–H groups in total. The third-order valence-electron chi connectivity index (χ3n) is 4.26. The Labute approximate surface area is 126 Å². The van der Waals surface area contributed by atoms with Gasteiger partial charge in [-0.3, -0.25) is 4.90 Å². The Hall–Kier alpha value is -0.520. The summed E-state index contributed by atoms with van der Waals surface area (Å²) in [6.45, 7) is 18.2. The van der Waals surface area contributed by atoms with Crippen LogP contribution in [-0.4, -0.2) is 49.1 Å². The summed E-state index contributed by atoms with van der Waals surface area (Å²) in [6.07, 6.45) is 3.76. The fourth-order valence-electron chi connectivity index (χ4n) is 3.34. The fourth-order valence-corrected chi connectivity index (χ4v) is 3.34. The average Bonchev–Trinajstić information content (AvgIpc) is 2.41. The number of hydrogen-bond acceptors (Lipinski definition) is 2. The van der Waals surface area contributed by atoms with Crippen molar-refractivity contribution < 1.29 is 0 Å². The zero-order valence-electron chi connectivity index (χ0n) is 14.3. The standard InChI is InChI=1S/C16H28N2.C2H6/c1-4-5-6-9-17-10-7-16(8-11-17)13-18(14-16)12-15(2)3;1-2/h15H,4,7-14H2,1-3H3;1-2H3. The van der Waals surface area contributed by atoms with Gasteiger partial charge in [0.15, 0.2) is 0 Å². The van der Waals surface area contributed by atoms with E-state index in [4.69, 9.17) is 0 Å². The van der Waals surface area contributed by atoms with Gasteiger partial charge in [0.05, 0.1) is 6.54 Å². The largest absolute Gasteiger partial charge is 0.302 e. The Morgan fingerprint density at radius 3 is 2.10 bits per heavy atom. The predicted molar refractivity (Wildman–Crippen MR) is 88.8 cm³/mol. The van der Waals surface area contributed by atoms with Crippen LogP contribution in [0.2, 0.25) is 0 Å². The molecule has 2 saturated heterocycles. The van der Waals surface area contributed by atoms with Gasteiger partial charge in [-0.2, -0.15) is 0 Å². The molecule has 0 saturated carbocycles. The molecule has 2 fully saturated rings. The Bertz CT molecular complexity index is 308. The number of hydrogen-bond donors (Lipinski definition) is 0. The van der Waals surface area contributed by atoms with Crippen LogP contribution < -0.4 is 0 Å². The molecule has 0 aliphatic carbocycles. The van der Waals surface area contributed by atoms with Crippen molar-refractivity contribution in [2.24, 2.45) is 11.3 Å². The Morgan fingerprint density at radius 2 is 1.60 bits per heavy atom. The summed E-state index contributed by atoms with van der Waals surface area (Å²) in [6, 6.07) is 0. The third-order valence-corrected chi connectivity index (χ3v) is 4.26. The van der Waals surface area contributed by atoms with Crippen LogP contribution in [0.5, 0.6) is 0 Å². The van der Waals surface area contributed by atoms with E-state index in [1.165, 1.54) is 45.6 Å². The zero-order valence-corrected chi connectivity index (χ0v) is 14.3. The van der Waals surface area contributed by atoms with E-state index in [9.17, 15) is 0 Å². The third kappa shape index (κ3) is 5.11. The van der Waals surface area contributed by atoms with Crippen molar-refractivity contribution in [3.8, 4) is 11.8 Å². The molecule has 0 amide bonds. The molecule has 2 heterocycles. The molecule has 2 aliphatic rings. The molecule has 2 heteroatoms. The molecule has 0 aromatic rings. The van der Waals surface area contributed by atoms with E-state index in [1.54, 1.807) is 0 Å². The van der Waals surface area contributed by atoms with Crippen LogP contribution in [-0.2, 0) is 0 Å². The minimum absolute atomic E-state index is 0.670. The molecule has 0 unspecified atom stereocenters. The molecule has 2 rings (SSSR count). The Morgan fingerprint density at radius 1 is 1.00 bits per heavy atom. The maximum absolute atomic E-state index is 3.27. The van der Waals surface area contributed by atoms with E-state index >= 15 is 0 Å². The monoisotopic (exact) mass is 278 g/mol. The lowest BCUT2D eigenvalue weighted by molar-refractivity contribution is -0.0492. The van der Waals surface area contributed by atoms with E-state index in [1.807, 2.05) is 13.8 Å². The SMILES string of the molecule is CC.CCC#CCN1CCC2(CC1)CN(CC(C)C)C2. The summed E-state index contributed by atoms with van der Waals surface area (Å²) >= 11 is 0. The topological polar surface area (TPSA) is 6.48 Å². The van der Waals surface area contributed by atoms with Crippen molar-refractivity contribution in [3.05, 3.63) is 0 Å². The van der Waals surface area contributed by atoms with Crippen molar-refractivity contribution in [2.45, 2.75) is 53.9 Å². The van der Waals surface area contributed by atoms with Gasteiger partial charge in [0.25, 0.3) is 0 Å². The molecule has 0 radical (unpaired) electrons. The molecule has 0 aromatic carbocycles. The maximum Gasteiger partial charge on any atom is 0.0601 e. The number of rotatable bonds is 3. The first-order valence-corrected chi connectivity index (χ1v) is 8.54. The fraction of sp³-hybridized carbons (Fsp3) is 0.889. The van der Waals surface area contributed by atoms with Crippen molar-refractivity contribution in [1.82, 2.24) is 9.80 Å². The summed E-state index contributed by atoms with van der Waals surface area (Å²) in [4.78, 5) is 5.16. The second kappa shape index (κ2) is 8.70. The van der Waals surface area contributed by atoms with Crippen LogP contribution in [0.15, 0.2) is 0 Å². The summed E-state index contributed by atoms with van der Waals surface area (Å²) in [7, 11) is 0. The number of likely N-dealkylation sites (tertiary alicyclic amines) is 2. The van der Waals surface area contributed by atoms with Crippen molar-refractivity contribution in [2.75, 3.05) is 39.3 Å². The van der Waals surface area contributed by atoms with Crippen LogP contribution >= 0.6 is 0 Å². The van der Waals surface area contributed by atoms with Crippen LogP contribution in [0.3, 0.4) is 0 Å². The quantitative estimate of drug-likeness (QED) is 0.729. The first kappa shape index (κ1) is 17.5. The van der Waals surface area contributed by atoms with Gasteiger partial charge in [-0.1, -0.05) is 40.5 Å². The van der Waals surface area contributed by atoms with E-state index in [0.717, 1.165) is 18.9 Å². The van der Waals surface area contributed by atoms with E-state index in [-0.39, 0.29) is 0 Å². The molecule has 0 aromatic heterocycles. The van der Waals surface area contributed by atoms with Crippen LogP contribution in [0, 0.1) is 23.2 Å². The van der Waals surface area contributed by atoms with Crippen molar-refractivity contribution in [3.63, 3.8) is 0 Å². The highest BCUT2D eigenvalue weighted by molar-refractivity contribution is 5.03. The lowest BCUT2D eigenvalue weighted by atomic mass is 9.72. The first-order valence-electron chi connectivity index (χ1n) is 8.54. The Balaban J connectivity index is 0.000000956. The normalized spacial score (nSPS) is 21.7. The molecular formula is C18H34N2. The van der Waals surface area contributed by atoms with E-state index < -0.39 is 0 Å². The number of nitrogens with zero attached hydrogens (tertiary/aromatic N) is 2. The van der Waals surface area contributed by atoms with E-state index in [2.05, 4.69) is 42.4 Å². The summed E-state index contributed by atoms with van der Waals surface area (Å²) < 4.78 is 0. The van der Waals surface area contributed by atoms with Gasteiger partial charge in [-0.05, 0) is 37.3 Å². The second-order valence-corrected chi connectivity index (χ2v) is 6.55. The minimum atomic E-state index is 0.670. The maximum atomic E-state index is 3.27. The molecule has 0 bridgehead atoms. The molecule has 2 aliphatic heterocycles. The highest BCUT2D eigenvalue weighted by Gasteiger charge is 2.44. The Kier molecular flexibility index (Phi) is 7.62. The average molecular weight is 278 g/mol.